The van der Waals surface area contributed by atoms with Crippen molar-refractivity contribution >= 4 is 16.8 Å². The van der Waals surface area contributed by atoms with E-state index in [1.807, 2.05) is 6.07 Å². The molecule has 2 aromatic heterocycles. The Hall–Kier alpha value is -3.00. The van der Waals surface area contributed by atoms with Crippen LogP contribution in [0.25, 0.3) is 10.9 Å². The highest BCUT2D eigenvalue weighted by Crippen LogP contribution is 2.17. The van der Waals surface area contributed by atoms with Crippen molar-refractivity contribution in [1.29, 1.82) is 0 Å². The Morgan fingerprint density at radius 3 is 2.96 bits per heavy atom. The van der Waals surface area contributed by atoms with E-state index in [-0.39, 0.29) is 18.0 Å². The fourth-order valence-electron chi connectivity index (χ4n) is 2.51. The van der Waals surface area contributed by atoms with Crippen LogP contribution in [-0.2, 0) is 17.7 Å². The molecule has 3 rings (SSSR count). The van der Waals surface area contributed by atoms with Gasteiger partial charge in [-0.05, 0) is 6.07 Å². The molecule has 25 heavy (non-hydrogen) atoms. The number of carbonyl (C=O) groups is 1. The van der Waals surface area contributed by atoms with Crippen molar-refractivity contribution in [3.05, 3.63) is 58.0 Å². The van der Waals surface area contributed by atoms with Crippen molar-refractivity contribution in [1.82, 2.24) is 20.0 Å². The average molecular weight is 342 g/mol. The monoisotopic (exact) mass is 342 g/mol. The number of aromatic amines is 1. The summed E-state index contributed by atoms with van der Waals surface area (Å²) in [7, 11) is 3.22. The molecule has 0 aliphatic heterocycles. The summed E-state index contributed by atoms with van der Waals surface area (Å²) in [6, 6.07) is 8.47. The third-order valence-corrected chi connectivity index (χ3v) is 3.74. The van der Waals surface area contributed by atoms with Gasteiger partial charge in [0.15, 0.2) is 5.82 Å². The third kappa shape index (κ3) is 3.74. The van der Waals surface area contributed by atoms with Crippen LogP contribution in [0.3, 0.4) is 0 Å². The van der Waals surface area contributed by atoms with Crippen molar-refractivity contribution < 1.29 is 14.1 Å². The number of ether oxygens (including phenoxy) is 1. The van der Waals surface area contributed by atoms with Gasteiger partial charge in [0.05, 0.1) is 18.7 Å². The maximum absolute atomic E-state index is 12.8. The summed E-state index contributed by atoms with van der Waals surface area (Å²) in [6.45, 7) is 0.645. The second-order valence-electron chi connectivity index (χ2n) is 5.60. The Kier molecular flexibility index (Phi) is 4.90. The molecule has 0 spiro atoms. The summed E-state index contributed by atoms with van der Waals surface area (Å²) in [5.74, 6) is 0.564. The smallest absolute Gasteiger partial charge is 0.254 e. The highest BCUT2D eigenvalue weighted by molar-refractivity contribution is 6.05. The number of hydrogen-bond donors (Lipinski definition) is 1. The lowest BCUT2D eigenvalue weighted by Crippen LogP contribution is -2.27. The van der Waals surface area contributed by atoms with Gasteiger partial charge in [-0.2, -0.15) is 4.98 Å². The number of hydrogen-bond acceptors (Lipinski definition) is 6. The van der Waals surface area contributed by atoms with Crippen LogP contribution < -0.4 is 5.56 Å². The maximum atomic E-state index is 12.8. The van der Waals surface area contributed by atoms with E-state index in [0.29, 0.717) is 41.2 Å². The van der Waals surface area contributed by atoms with Gasteiger partial charge < -0.3 is 19.1 Å². The molecule has 0 aliphatic rings. The van der Waals surface area contributed by atoms with Gasteiger partial charge in [0.2, 0.25) is 11.4 Å². The number of aromatic nitrogens is 3. The van der Waals surface area contributed by atoms with Gasteiger partial charge in [-0.3, -0.25) is 9.59 Å². The molecule has 0 bridgehead atoms. The van der Waals surface area contributed by atoms with Crippen LogP contribution in [-0.4, -0.2) is 46.7 Å². The van der Waals surface area contributed by atoms with Gasteiger partial charge >= 0.3 is 0 Å². The first-order valence-electron chi connectivity index (χ1n) is 7.76. The molecule has 0 saturated carbocycles. The van der Waals surface area contributed by atoms with Crippen molar-refractivity contribution in [3.63, 3.8) is 0 Å². The third-order valence-electron chi connectivity index (χ3n) is 3.74. The lowest BCUT2D eigenvalue weighted by molar-refractivity contribution is 0.0771. The van der Waals surface area contributed by atoms with E-state index in [0.717, 1.165) is 0 Å². The van der Waals surface area contributed by atoms with E-state index in [9.17, 15) is 9.59 Å². The topological polar surface area (TPSA) is 101 Å². The first kappa shape index (κ1) is 16.8. The van der Waals surface area contributed by atoms with Crippen LogP contribution in [0, 0.1) is 0 Å². The molecule has 1 aromatic carbocycles. The fourth-order valence-corrected chi connectivity index (χ4v) is 2.51. The number of benzene rings is 1. The van der Waals surface area contributed by atoms with E-state index in [4.69, 9.17) is 9.26 Å². The number of pyridine rings is 1. The highest BCUT2D eigenvalue weighted by Gasteiger charge is 2.18. The average Bonchev–Trinajstić information content (AvgIpc) is 3.05. The zero-order chi connectivity index (χ0) is 17.8. The fraction of sp³-hybridized carbons (Fsp3) is 0.294. The van der Waals surface area contributed by atoms with Crippen molar-refractivity contribution in [3.8, 4) is 0 Å². The molecule has 8 heteroatoms. The number of fused-ring (bicyclic) bond motifs is 1. The van der Waals surface area contributed by atoms with Gasteiger partial charge in [0.1, 0.15) is 0 Å². The Morgan fingerprint density at radius 2 is 2.16 bits per heavy atom. The largest absolute Gasteiger partial charge is 0.384 e. The quantitative estimate of drug-likeness (QED) is 0.726. The van der Waals surface area contributed by atoms with Crippen LogP contribution >= 0.6 is 0 Å². The normalized spacial score (nSPS) is 11.0. The van der Waals surface area contributed by atoms with Crippen molar-refractivity contribution in [2.45, 2.75) is 13.0 Å². The van der Waals surface area contributed by atoms with Crippen LogP contribution in [0.15, 0.2) is 39.6 Å². The second-order valence-corrected chi connectivity index (χ2v) is 5.60. The molecule has 1 N–H and O–H groups in total. The van der Waals surface area contributed by atoms with E-state index in [1.165, 1.54) is 11.0 Å². The maximum Gasteiger partial charge on any atom is 0.254 e. The molecule has 0 fully saturated rings. The van der Waals surface area contributed by atoms with Crippen LogP contribution in [0.2, 0.25) is 0 Å². The van der Waals surface area contributed by atoms with Crippen LogP contribution in [0.1, 0.15) is 22.1 Å². The zero-order valence-electron chi connectivity index (χ0n) is 14.0. The van der Waals surface area contributed by atoms with Gasteiger partial charge in [-0.15, -0.1) is 0 Å². The van der Waals surface area contributed by atoms with E-state index >= 15 is 0 Å². The molecule has 0 aliphatic carbocycles. The SMILES string of the molecule is COCCc1noc(CN(C)C(=O)c2cc(=O)[nH]c3ccccc23)n1. The number of methoxy groups -OCH3 is 1. The molecule has 0 radical (unpaired) electrons. The molecular formula is C17H18N4O4. The van der Waals surface area contributed by atoms with Crippen molar-refractivity contribution in [2.24, 2.45) is 0 Å². The van der Waals surface area contributed by atoms with E-state index in [1.54, 1.807) is 32.4 Å². The predicted molar refractivity (Wildman–Crippen MR) is 90.2 cm³/mol. The Morgan fingerprint density at radius 1 is 1.36 bits per heavy atom. The highest BCUT2D eigenvalue weighted by atomic mass is 16.5. The molecule has 2 heterocycles. The number of para-hydroxylation sites is 1. The number of H-pyrrole nitrogens is 1. The summed E-state index contributed by atoms with van der Waals surface area (Å²) in [4.78, 5) is 33.0. The first-order chi connectivity index (χ1) is 12.1. The Balaban J connectivity index is 1.81. The standard InChI is InChI=1S/C17H18N4O4/c1-21(10-16-19-14(20-25-16)7-8-24-2)17(23)12-9-15(22)18-13-6-4-3-5-11(12)13/h3-6,9H,7-8,10H2,1-2H3,(H,18,22). The zero-order valence-corrected chi connectivity index (χ0v) is 14.0. The predicted octanol–water partition coefficient (Wildman–Crippen LogP) is 1.37. The molecule has 1 amide bonds. The summed E-state index contributed by atoms with van der Waals surface area (Å²) >= 11 is 0. The summed E-state index contributed by atoms with van der Waals surface area (Å²) in [6.07, 6.45) is 0.538. The number of amides is 1. The first-order valence-corrected chi connectivity index (χ1v) is 7.76. The summed E-state index contributed by atoms with van der Waals surface area (Å²) < 4.78 is 10.1. The minimum absolute atomic E-state index is 0.153. The number of nitrogens with zero attached hydrogens (tertiary/aromatic N) is 3. The summed E-state index contributed by atoms with van der Waals surface area (Å²) in [5, 5.41) is 4.53. The molecule has 8 nitrogen and oxygen atoms in total. The Labute approximate surface area is 143 Å². The van der Waals surface area contributed by atoms with Crippen molar-refractivity contribution in [2.75, 3.05) is 20.8 Å². The molecule has 0 saturated heterocycles. The minimum atomic E-state index is -0.324. The molecule has 130 valence electrons. The number of carbonyl (C=O) groups excluding carboxylic acids is 1. The van der Waals surface area contributed by atoms with E-state index in [2.05, 4.69) is 15.1 Å². The van der Waals surface area contributed by atoms with Gasteiger partial charge in [0, 0.05) is 37.5 Å². The Bertz CT molecular complexity index is 947. The molecular weight excluding hydrogens is 324 g/mol. The van der Waals surface area contributed by atoms with Gasteiger partial charge in [-0.25, -0.2) is 0 Å². The van der Waals surface area contributed by atoms with Gasteiger partial charge in [0.25, 0.3) is 5.91 Å². The van der Waals surface area contributed by atoms with Gasteiger partial charge in [-0.1, -0.05) is 23.4 Å². The molecule has 0 unspecified atom stereocenters. The molecule has 0 atom stereocenters. The lowest BCUT2D eigenvalue weighted by atomic mass is 10.1. The van der Waals surface area contributed by atoms with E-state index < -0.39 is 0 Å². The molecule has 3 aromatic rings. The number of nitrogens with one attached hydrogen (secondary N) is 1. The minimum Gasteiger partial charge on any atom is -0.384 e. The lowest BCUT2D eigenvalue weighted by Gasteiger charge is -2.15. The second kappa shape index (κ2) is 7.27. The van der Waals surface area contributed by atoms with Crippen LogP contribution in [0.5, 0.6) is 0 Å². The number of rotatable bonds is 6. The van der Waals surface area contributed by atoms with Crippen LogP contribution in [0.4, 0.5) is 0 Å². The summed E-state index contributed by atoms with van der Waals surface area (Å²) in [5.41, 5.74) is 0.627.